The number of rotatable bonds is 12. The van der Waals surface area contributed by atoms with E-state index in [0.29, 0.717) is 16.8 Å². The molecular weight excluding hydrogens is 643 g/mol. The molecule has 0 radical (unpaired) electrons. The van der Waals surface area contributed by atoms with Gasteiger partial charge in [-0.1, -0.05) is 24.3 Å². The fourth-order valence-electron chi connectivity index (χ4n) is 5.08. The van der Waals surface area contributed by atoms with Crippen molar-refractivity contribution in [2.45, 2.75) is 25.4 Å². The maximum absolute atomic E-state index is 13.6. The molecule has 0 aliphatic heterocycles. The molecule has 0 aliphatic carbocycles. The highest BCUT2D eigenvalue weighted by Gasteiger charge is 2.34. The standard InChI is InChI=1S/C36H30F3N3O7/c1-48-29-14-8-24(30(19-29)36(37,38)39)18-32(43)41-27-10-6-23(7-11-27)34(46)42(21-33(44)45)20-22-4-12-28(13-5-22)49-35(47)26-9-15-31-25(17-26)3-2-16-40-31/h2-17,19,32,41,43H,18,20-21H2,1H3,(H,44,45). The number of carboxylic acid groups (broad SMARTS) is 1. The number of hydrogen-bond acceptors (Lipinski definition) is 8. The molecule has 4 aromatic carbocycles. The van der Waals surface area contributed by atoms with Crippen molar-refractivity contribution >= 4 is 34.4 Å². The van der Waals surface area contributed by atoms with Crippen molar-refractivity contribution in [3.05, 3.63) is 131 Å². The zero-order valence-corrected chi connectivity index (χ0v) is 26.0. The van der Waals surface area contributed by atoms with E-state index < -0.39 is 42.4 Å². The van der Waals surface area contributed by atoms with Gasteiger partial charge in [0.15, 0.2) is 0 Å². The van der Waals surface area contributed by atoms with Crippen LogP contribution in [0.5, 0.6) is 11.5 Å². The van der Waals surface area contributed by atoms with Gasteiger partial charge in [-0.25, -0.2) is 4.79 Å². The number of carbonyl (C=O) groups excluding carboxylic acids is 2. The number of aromatic nitrogens is 1. The first kappa shape index (κ1) is 34.4. The van der Waals surface area contributed by atoms with E-state index in [0.717, 1.165) is 21.9 Å². The quantitative estimate of drug-likeness (QED) is 0.0805. The number of benzene rings is 4. The van der Waals surface area contributed by atoms with Crippen LogP contribution in [0.25, 0.3) is 10.9 Å². The number of halogens is 3. The number of aliphatic hydroxyl groups is 1. The number of ether oxygens (including phenoxy) is 2. The highest BCUT2D eigenvalue weighted by Crippen LogP contribution is 2.35. The molecule has 10 nitrogen and oxygen atoms in total. The molecule has 3 N–H and O–H groups in total. The second-order valence-electron chi connectivity index (χ2n) is 11.0. The van der Waals surface area contributed by atoms with Crippen LogP contribution in [0, 0.1) is 0 Å². The van der Waals surface area contributed by atoms with E-state index in [-0.39, 0.29) is 35.6 Å². The molecule has 0 fully saturated rings. The first-order valence-corrected chi connectivity index (χ1v) is 14.9. The summed E-state index contributed by atoms with van der Waals surface area (Å²) in [6, 6.07) is 24.1. The molecule has 13 heteroatoms. The summed E-state index contributed by atoms with van der Waals surface area (Å²) >= 11 is 0. The SMILES string of the molecule is COc1ccc(CC(O)Nc2ccc(C(=O)N(CC(=O)O)Cc3ccc(OC(=O)c4ccc5ncccc5c4)cc3)cc2)c(C(F)(F)F)c1. The van der Waals surface area contributed by atoms with Crippen LogP contribution < -0.4 is 14.8 Å². The number of alkyl halides is 3. The molecule has 252 valence electrons. The van der Waals surface area contributed by atoms with E-state index in [1.54, 1.807) is 42.6 Å². The molecule has 0 saturated carbocycles. The topological polar surface area (TPSA) is 138 Å². The van der Waals surface area contributed by atoms with E-state index >= 15 is 0 Å². The lowest BCUT2D eigenvalue weighted by atomic mass is 10.0. The predicted octanol–water partition coefficient (Wildman–Crippen LogP) is 6.18. The lowest BCUT2D eigenvalue weighted by molar-refractivity contribution is -0.139. The average molecular weight is 674 g/mol. The van der Waals surface area contributed by atoms with Gasteiger partial charge in [-0.15, -0.1) is 0 Å². The molecule has 0 spiro atoms. The first-order chi connectivity index (χ1) is 23.4. The number of amides is 1. The van der Waals surface area contributed by atoms with Gasteiger partial charge >= 0.3 is 18.1 Å². The Kier molecular flexibility index (Phi) is 10.4. The summed E-state index contributed by atoms with van der Waals surface area (Å²) in [5, 5.41) is 23.4. The van der Waals surface area contributed by atoms with Crippen LogP contribution in [-0.2, 0) is 23.9 Å². The molecule has 5 rings (SSSR count). The third-order valence-electron chi connectivity index (χ3n) is 7.46. The van der Waals surface area contributed by atoms with Crippen molar-refractivity contribution in [1.29, 1.82) is 0 Å². The Morgan fingerprint density at radius 1 is 0.898 bits per heavy atom. The fourth-order valence-corrected chi connectivity index (χ4v) is 5.08. The molecule has 0 saturated heterocycles. The maximum Gasteiger partial charge on any atom is 0.416 e. The van der Waals surface area contributed by atoms with Gasteiger partial charge in [-0.2, -0.15) is 13.2 Å². The third-order valence-corrected chi connectivity index (χ3v) is 7.46. The molecular formula is C36H30F3N3O7. The summed E-state index contributed by atoms with van der Waals surface area (Å²) < 4.78 is 51.0. The van der Waals surface area contributed by atoms with Gasteiger partial charge in [-0.05, 0) is 83.9 Å². The molecule has 1 atom stereocenters. The van der Waals surface area contributed by atoms with Crippen molar-refractivity contribution in [3.8, 4) is 11.5 Å². The highest BCUT2D eigenvalue weighted by atomic mass is 19.4. The summed E-state index contributed by atoms with van der Waals surface area (Å²) in [4.78, 5) is 43.0. The smallest absolute Gasteiger partial charge is 0.416 e. The summed E-state index contributed by atoms with van der Waals surface area (Å²) in [5.74, 6) is -2.11. The van der Waals surface area contributed by atoms with Gasteiger partial charge in [0.2, 0.25) is 0 Å². The Morgan fingerprint density at radius 3 is 2.27 bits per heavy atom. The van der Waals surface area contributed by atoms with Crippen LogP contribution in [0.3, 0.4) is 0 Å². The third kappa shape index (κ3) is 8.90. The number of methoxy groups -OCH3 is 1. The maximum atomic E-state index is 13.6. The van der Waals surface area contributed by atoms with E-state index in [1.807, 2.05) is 6.07 Å². The second-order valence-corrected chi connectivity index (χ2v) is 11.0. The normalized spacial score (nSPS) is 11.9. The Labute approximate surface area is 278 Å². The van der Waals surface area contributed by atoms with Crippen molar-refractivity contribution in [2.24, 2.45) is 0 Å². The van der Waals surface area contributed by atoms with Crippen LogP contribution in [-0.4, -0.2) is 57.8 Å². The number of nitrogens with zero attached hydrogens (tertiary/aromatic N) is 2. The Balaban J connectivity index is 1.21. The van der Waals surface area contributed by atoms with Gasteiger partial charge in [0.1, 0.15) is 24.3 Å². The molecule has 1 heterocycles. The van der Waals surface area contributed by atoms with Gasteiger partial charge < -0.3 is 29.9 Å². The highest BCUT2D eigenvalue weighted by molar-refractivity contribution is 5.96. The van der Waals surface area contributed by atoms with Crippen LogP contribution in [0.2, 0.25) is 0 Å². The first-order valence-electron chi connectivity index (χ1n) is 14.9. The Bertz CT molecular complexity index is 1970. The van der Waals surface area contributed by atoms with E-state index in [1.165, 1.54) is 55.6 Å². The van der Waals surface area contributed by atoms with Gasteiger partial charge in [0.25, 0.3) is 5.91 Å². The number of fused-ring (bicyclic) bond motifs is 1. The lowest BCUT2D eigenvalue weighted by Gasteiger charge is -2.22. The number of aliphatic hydroxyl groups excluding tert-OH is 1. The summed E-state index contributed by atoms with van der Waals surface area (Å²) in [6.07, 6.45) is -4.76. The molecule has 5 aromatic rings. The summed E-state index contributed by atoms with van der Waals surface area (Å²) in [6.45, 7) is -0.673. The van der Waals surface area contributed by atoms with Crippen molar-refractivity contribution in [2.75, 3.05) is 19.0 Å². The number of aliphatic carboxylic acids is 1. The molecule has 1 unspecified atom stereocenters. The average Bonchev–Trinajstić information content (AvgIpc) is 3.08. The minimum atomic E-state index is -4.65. The van der Waals surface area contributed by atoms with Crippen LogP contribution in [0.4, 0.5) is 18.9 Å². The predicted molar refractivity (Wildman–Crippen MR) is 173 cm³/mol. The number of carboxylic acids is 1. The fraction of sp³-hybridized carbons (Fsp3) is 0.167. The number of esters is 1. The monoisotopic (exact) mass is 673 g/mol. The lowest BCUT2D eigenvalue weighted by Crippen LogP contribution is -2.35. The molecule has 0 aliphatic rings. The summed E-state index contributed by atoms with van der Waals surface area (Å²) in [7, 11) is 1.26. The Morgan fingerprint density at radius 2 is 1.59 bits per heavy atom. The van der Waals surface area contributed by atoms with E-state index in [4.69, 9.17) is 9.47 Å². The zero-order chi connectivity index (χ0) is 35.1. The number of anilines is 1. The number of nitrogens with one attached hydrogen (secondary N) is 1. The van der Waals surface area contributed by atoms with Crippen molar-refractivity contribution in [3.63, 3.8) is 0 Å². The van der Waals surface area contributed by atoms with Gasteiger partial charge in [0, 0.05) is 35.8 Å². The Hall–Kier alpha value is -5.95. The molecule has 1 aromatic heterocycles. The summed E-state index contributed by atoms with van der Waals surface area (Å²) in [5.41, 5.74) is 1.05. The van der Waals surface area contributed by atoms with Crippen LogP contribution in [0.15, 0.2) is 103 Å². The molecule has 0 bridgehead atoms. The van der Waals surface area contributed by atoms with Crippen molar-refractivity contribution in [1.82, 2.24) is 9.88 Å². The zero-order valence-electron chi connectivity index (χ0n) is 26.0. The van der Waals surface area contributed by atoms with E-state index in [2.05, 4.69) is 10.3 Å². The van der Waals surface area contributed by atoms with Gasteiger partial charge in [0.05, 0.1) is 23.8 Å². The van der Waals surface area contributed by atoms with Crippen LogP contribution >= 0.6 is 0 Å². The largest absolute Gasteiger partial charge is 0.497 e. The number of hydrogen-bond donors (Lipinski definition) is 3. The van der Waals surface area contributed by atoms with Crippen molar-refractivity contribution < 1.29 is 47.2 Å². The number of carbonyl (C=O) groups is 3. The minimum Gasteiger partial charge on any atom is -0.497 e. The molecule has 49 heavy (non-hydrogen) atoms. The second kappa shape index (κ2) is 14.9. The van der Waals surface area contributed by atoms with Crippen LogP contribution in [0.1, 0.15) is 37.4 Å². The number of pyridine rings is 1. The molecule has 1 amide bonds. The minimum absolute atomic E-state index is 0.0318. The van der Waals surface area contributed by atoms with E-state index in [9.17, 15) is 37.8 Å². The van der Waals surface area contributed by atoms with Gasteiger partial charge in [-0.3, -0.25) is 14.6 Å².